The molecule has 49 heavy (non-hydrogen) atoms. The van der Waals surface area contributed by atoms with Crippen LogP contribution in [0.4, 0.5) is 24.8 Å². The van der Waals surface area contributed by atoms with E-state index in [1.54, 1.807) is 48.1 Å². The predicted molar refractivity (Wildman–Crippen MR) is 176 cm³/mol. The summed E-state index contributed by atoms with van der Waals surface area (Å²) in [5, 5.41) is 25.1. The number of H-pyrrole nitrogens is 1. The van der Waals surface area contributed by atoms with Crippen LogP contribution in [0.25, 0.3) is 11.0 Å². The van der Waals surface area contributed by atoms with Crippen molar-refractivity contribution in [2.24, 2.45) is 0 Å². The molecule has 1 amide bonds. The molecular weight excluding hydrogens is 695 g/mol. The summed E-state index contributed by atoms with van der Waals surface area (Å²) in [6.07, 6.45) is -5.38. The lowest BCUT2D eigenvalue weighted by Gasteiger charge is -2.25. The first kappa shape index (κ1) is 38.0. The summed E-state index contributed by atoms with van der Waals surface area (Å²) in [7, 11) is 5.48. The normalized spacial score (nSPS) is 18.0. The summed E-state index contributed by atoms with van der Waals surface area (Å²) in [6, 6.07) is 6.17. The van der Waals surface area contributed by atoms with E-state index >= 15 is 0 Å². The van der Waals surface area contributed by atoms with Gasteiger partial charge in [0.1, 0.15) is 24.9 Å². The number of ether oxygens (including phenoxy) is 3. The Balaban J connectivity index is 1.49. The first-order valence-corrected chi connectivity index (χ1v) is 16.9. The number of fused-ring (bicyclic) bond motifs is 1. The van der Waals surface area contributed by atoms with Crippen LogP contribution in [0.3, 0.4) is 0 Å². The molecule has 15 nitrogen and oxygen atoms in total. The van der Waals surface area contributed by atoms with Crippen molar-refractivity contribution in [1.82, 2.24) is 24.9 Å². The van der Waals surface area contributed by atoms with Crippen LogP contribution in [-0.2, 0) is 25.6 Å². The summed E-state index contributed by atoms with van der Waals surface area (Å²) >= 11 is 0. The Morgan fingerprint density at radius 1 is 1.33 bits per heavy atom. The van der Waals surface area contributed by atoms with Crippen LogP contribution in [0.15, 0.2) is 35.3 Å². The molecule has 3 atom stereocenters. The van der Waals surface area contributed by atoms with Gasteiger partial charge in [-0.3, -0.25) is 30.1 Å². The number of halogens is 3. The molecule has 3 aromatic rings. The minimum absolute atomic E-state index is 0.0418. The Labute approximate surface area is 285 Å². The molecule has 1 unspecified atom stereocenters. The number of alkyl halides is 3. The SMILES string of the molecule is CN(C)Nc1nc2c(c(C#CCOCSSC(C)(C)NC(=O)C(F)(F)F)cn2[C@H]2CC(OCc3ccccc3[N+](=O)[O-])[C@@H](CO)O2)c(=O)[nH]1. The van der Waals surface area contributed by atoms with Crippen LogP contribution in [-0.4, -0.2) is 92.0 Å². The zero-order valence-electron chi connectivity index (χ0n) is 26.7. The number of nitro groups is 1. The van der Waals surface area contributed by atoms with E-state index in [2.05, 4.69) is 27.2 Å². The molecule has 3 heterocycles. The number of aliphatic hydroxyl groups excluding tert-OH is 1. The minimum Gasteiger partial charge on any atom is -0.394 e. The second-order valence-electron chi connectivity index (χ2n) is 11.3. The van der Waals surface area contributed by atoms with Crippen LogP contribution in [0.1, 0.15) is 37.6 Å². The van der Waals surface area contributed by atoms with Gasteiger partial charge in [-0.2, -0.15) is 18.2 Å². The Hall–Kier alpha value is -3.84. The standard InChI is InChI=1S/C29H34F3N7O8S2/c1-28(2,35-26(42)29(30,31)32)49-48-16-45-11-7-9-17-13-38(24-23(17)25(41)34-27(33-24)36-37(3)4)22-12-20(21(14-40)47-22)46-15-18-8-5-6-10-19(18)39(43)44/h5-6,8,10,13,20-22,40H,11-12,14-16H2,1-4H3,(H,35,42)(H2,33,34,36,41)/t20?,21-,22-/m1/s1. The van der Waals surface area contributed by atoms with Gasteiger partial charge in [0.05, 0.1) is 45.6 Å². The lowest BCUT2D eigenvalue weighted by molar-refractivity contribution is -0.386. The third kappa shape index (κ3) is 10.1. The van der Waals surface area contributed by atoms with Crippen LogP contribution >= 0.6 is 21.6 Å². The maximum atomic E-state index is 13.2. The van der Waals surface area contributed by atoms with E-state index in [9.17, 15) is 38.0 Å². The number of hydrogen-bond donors (Lipinski definition) is 4. The number of nitro benzene ring substituents is 1. The van der Waals surface area contributed by atoms with Crippen molar-refractivity contribution in [1.29, 1.82) is 0 Å². The molecule has 1 aromatic carbocycles. The summed E-state index contributed by atoms with van der Waals surface area (Å²) in [5.74, 6) is 3.86. The quantitative estimate of drug-likeness (QED) is 0.0472. The van der Waals surface area contributed by atoms with Crippen molar-refractivity contribution in [2.45, 2.75) is 56.4 Å². The Kier molecular flexibility index (Phi) is 12.6. The number of aromatic nitrogens is 3. The van der Waals surface area contributed by atoms with E-state index in [0.29, 0.717) is 11.1 Å². The highest BCUT2D eigenvalue weighted by atomic mass is 33.1. The summed E-state index contributed by atoms with van der Waals surface area (Å²) in [6.45, 7) is 2.27. The smallest absolute Gasteiger partial charge is 0.394 e. The monoisotopic (exact) mass is 729 g/mol. The highest BCUT2D eigenvalue weighted by molar-refractivity contribution is 8.77. The number of nitrogens with one attached hydrogen (secondary N) is 3. The number of hydrogen-bond acceptors (Lipinski definition) is 13. The molecule has 0 aliphatic carbocycles. The molecule has 266 valence electrons. The number of amides is 1. The molecule has 1 saturated heterocycles. The van der Waals surface area contributed by atoms with Gasteiger partial charge in [0.2, 0.25) is 5.95 Å². The van der Waals surface area contributed by atoms with E-state index in [4.69, 9.17) is 14.2 Å². The molecule has 0 radical (unpaired) electrons. The van der Waals surface area contributed by atoms with E-state index < -0.39 is 52.5 Å². The zero-order valence-corrected chi connectivity index (χ0v) is 28.3. The van der Waals surface area contributed by atoms with Gasteiger partial charge in [-0.05, 0) is 19.9 Å². The van der Waals surface area contributed by atoms with E-state index in [-0.39, 0.29) is 48.2 Å². The van der Waals surface area contributed by atoms with Gasteiger partial charge in [-0.15, -0.1) is 0 Å². The lowest BCUT2D eigenvalue weighted by Crippen LogP contribution is -2.46. The number of carbonyl (C=O) groups excluding carboxylic acids is 1. The zero-order chi connectivity index (χ0) is 35.9. The fourth-order valence-corrected chi connectivity index (χ4v) is 6.73. The molecular formula is C29H34F3N7O8S2. The number of anilines is 1. The molecule has 1 aliphatic rings. The number of aliphatic hydroxyl groups is 1. The number of carbonyl (C=O) groups is 1. The maximum Gasteiger partial charge on any atom is 0.471 e. The average molecular weight is 730 g/mol. The van der Waals surface area contributed by atoms with Gasteiger partial charge < -0.3 is 29.2 Å². The van der Waals surface area contributed by atoms with Gasteiger partial charge >= 0.3 is 12.1 Å². The van der Waals surface area contributed by atoms with Gasteiger partial charge in [0.15, 0.2) is 5.65 Å². The van der Waals surface area contributed by atoms with Crippen molar-refractivity contribution in [3.8, 4) is 11.8 Å². The second-order valence-corrected chi connectivity index (χ2v) is 14.1. The van der Waals surface area contributed by atoms with Gasteiger partial charge in [0.25, 0.3) is 11.2 Å². The molecule has 2 aromatic heterocycles. The minimum atomic E-state index is -4.99. The Bertz CT molecular complexity index is 1770. The molecule has 4 rings (SSSR count). The van der Waals surface area contributed by atoms with E-state index in [1.165, 1.54) is 19.9 Å². The van der Waals surface area contributed by atoms with Crippen molar-refractivity contribution in [3.05, 3.63) is 62.1 Å². The van der Waals surface area contributed by atoms with Gasteiger partial charge in [-0.1, -0.05) is 45.6 Å². The number of rotatable bonds is 14. The van der Waals surface area contributed by atoms with Crippen LogP contribution < -0.4 is 16.3 Å². The van der Waals surface area contributed by atoms with Crippen LogP contribution in [0.5, 0.6) is 0 Å². The molecule has 0 spiro atoms. The van der Waals surface area contributed by atoms with E-state index in [1.807, 2.05) is 5.32 Å². The molecule has 20 heteroatoms. The third-order valence-electron chi connectivity index (χ3n) is 6.79. The molecule has 4 N–H and O–H groups in total. The van der Waals surface area contributed by atoms with Gasteiger partial charge in [-0.25, -0.2) is 5.01 Å². The highest BCUT2D eigenvalue weighted by Gasteiger charge is 2.41. The van der Waals surface area contributed by atoms with Crippen LogP contribution in [0.2, 0.25) is 0 Å². The lowest BCUT2D eigenvalue weighted by atomic mass is 10.1. The summed E-state index contributed by atoms with van der Waals surface area (Å²) in [5.41, 5.74) is 3.21. The van der Waals surface area contributed by atoms with Crippen molar-refractivity contribution < 1.29 is 42.2 Å². The maximum absolute atomic E-state index is 13.2. The third-order valence-corrected chi connectivity index (χ3v) is 9.58. The largest absolute Gasteiger partial charge is 0.471 e. The summed E-state index contributed by atoms with van der Waals surface area (Å²) in [4.78, 5) is 41.4. The summed E-state index contributed by atoms with van der Waals surface area (Å²) < 4.78 is 56.9. The number of benzene rings is 1. The number of hydrazine groups is 1. The number of para-hydroxylation sites is 1. The highest BCUT2D eigenvalue weighted by Crippen LogP contribution is 2.36. The first-order chi connectivity index (χ1) is 23.1. The number of nitrogens with zero attached hydrogens (tertiary/aromatic N) is 4. The molecule has 0 bridgehead atoms. The molecule has 0 saturated carbocycles. The fraction of sp³-hybridized carbons (Fsp3) is 0.483. The Morgan fingerprint density at radius 2 is 2.06 bits per heavy atom. The molecule has 1 aliphatic heterocycles. The van der Waals surface area contributed by atoms with Crippen molar-refractivity contribution in [3.63, 3.8) is 0 Å². The molecule has 1 fully saturated rings. The van der Waals surface area contributed by atoms with Gasteiger partial charge in [0, 0.05) is 32.8 Å². The van der Waals surface area contributed by atoms with Crippen molar-refractivity contribution >= 4 is 50.2 Å². The Morgan fingerprint density at radius 3 is 2.73 bits per heavy atom. The second kappa shape index (κ2) is 16.2. The topological polar surface area (TPSA) is 186 Å². The average Bonchev–Trinajstić information content (AvgIpc) is 3.59. The predicted octanol–water partition coefficient (Wildman–Crippen LogP) is 3.51. The van der Waals surface area contributed by atoms with Crippen molar-refractivity contribution in [2.75, 3.05) is 38.7 Å². The van der Waals surface area contributed by atoms with Crippen LogP contribution in [0, 0.1) is 22.0 Å². The van der Waals surface area contributed by atoms with E-state index in [0.717, 1.165) is 21.6 Å². The fourth-order valence-electron chi connectivity index (χ4n) is 4.75. The first-order valence-electron chi connectivity index (χ1n) is 14.5. The number of aromatic amines is 1.